The van der Waals surface area contributed by atoms with Crippen LogP contribution in [0.1, 0.15) is 5.56 Å². The van der Waals surface area contributed by atoms with Gasteiger partial charge in [-0.15, -0.1) is 0 Å². The molecule has 20 heavy (non-hydrogen) atoms. The fourth-order valence-corrected chi connectivity index (χ4v) is 2.22. The number of pyridine rings is 1. The van der Waals surface area contributed by atoms with Gasteiger partial charge in [0.1, 0.15) is 5.75 Å². The van der Waals surface area contributed by atoms with E-state index in [1.165, 1.54) is 5.56 Å². The Bertz CT molecular complexity index is 725. The number of nitrogens with zero attached hydrogens (tertiary/aromatic N) is 1. The van der Waals surface area contributed by atoms with E-state index < -0.39 is 0 Å². The highest BCUT2D eigenvalue weighted by Crippen LogP contribution is 2.24. The van der Waals surface area contributed by atoms with Crippen LogP contribution >= 0.6 is 0 Å². The van der Waals surface area contributed by atoms with Crippen molar-refractivity contribution in [2.75, 3.05) is 12.4 Å². The van der Waals surface area contributed by atoms with E-state index in [1.54, 1.807) is 7.11 Å². The van der Waals surface area contributed by atoms with Crippen molar-refractivity contribution in [1.29, 1.82) is 0 Å². The minimum atomic E-state index is 0.755. The number of benzene rings is 2. The number of anilines is 1. The summed E-state index contributed by atoms with van der Waals surface area (Å²) in [6.45, 7) is 0.755. The van der Waals surface area contributed by atoms with Crippen LogP contribution in [0.2, 0.25) is 0 Å². The Morgan fingerprint density at radius 3 is 2.85 bits per heavy atom. The smallest absolute Gasteiger partial charge is 0.141 e. The van der Waals surface area contributed by atoms with Gasteiger partial charge < -0.3 is 10.1 Å². The molecular weight excluding hydrogens is 248 g/mol. The Morgan fingerprint density at radius 2 is 1.95 bits per heavy atom. The highest BCUT2D eigenvalue weighted by molar-refractivity contribution is 5.79. The summed E-state index contributed by atoms with van der Waals surface area (Å²) in [5.74, 6) is 0.856. The molecule has 1 heterocycles. The van der Waals surface area contributed by atoms with E-state index in [-0.39, 0.29) is 0 Å². The predicted molar refractivity (Wildman–Crippen MR) is 82.1 cm³/mol. The van der Waals surface area contributed by atoms with Gasteiger partial charge in [0, 0.05) is 18.1 Å². The van der Waals surface area contributed by atoms with Crippen molar-refractivity contribution in [3.8, 4) is 5.75 Å². The molecule has 0 amide bonds. The van der Waals surface area contributed by atoms with Gasteiger partial charge in [0.15, 0.2) is 0 Å². The van der Waals surface area contributed by atoms with E-state index in [9.17, 15) is 0 Å². The summed E-state index contributed by atoms with van der Waals surface area (Å²) in [6.07, 6.45) is 1.81. The van der Waals surface area contributed by atoms with E-state index in [1.807, 2.05) is 36.5 Å². The Balaban J connectivity index is 1.79. The molecule has 1 N–H and O–H groups in total. The van der Waals surface area contributed by atoms with Crippen LogP contribution in [-0.4, -0.2) is 12.1 Å². The third-order valence-corrected chi connectivity index (χ3v) is 3.26. The highest BCUT2D eigenvalue weighted by Gasteiger charge is 2.01. The molecule has 3 aromatic rings. The van der Waals surface area contributed by atoms with Crippen LogP contribution in [0.15, 0.2) is 60.8 Å². The molecule has 0 saturated heterocycles. The quantitative estimate of drug-likeness (QED) is 0.777. The minimum Gasteiger partial charge on any atom is -0.495 e. The number of hydrogen-bond acceptors (Lipinski definition) is 3. The van der Waals surface area contributed by atoms with E-state index in [0.29, 0.717) is 0 Å². The summed E-state index contributed by atoms with van der Waals surface area (Å²) in [7, 11) is 1.68. The topological polar surface area (TPSA) is 34.1 Å². The summed E-state index contributed by atoms with van der Waals surface area (Å²) in [5, 5.41) is 4.56. The fraction of sp³-hybridized carbons (Fsp3) is 0.118. The monoisotopic (exact) mass is 264 g/mol. The SMILES string of the molecule is COc1ccccc1NCc1ccc2ncccc2c1. The van der Waals surface area contributed by atoms with Crippen LogP contribution < -0.4 is 10.1 Å². The molecule has 0 radical (unpaired) electrons. The Morgan fingerprint density at radius 1 is 1.05 bits per heavy atom. The first-order chi connectivity index (χ1) is 9.86. The third-order valence-electron chi connectivity index (χ3n) is 3.26. The molecule has 0 fully saturated rings. The maximum absolute atomic E-state index is 5.33. The number of hydrogen-bond donors (Lipinski definition) is 1. The second-order valence-electron chi connectivity index (χ2n) is 4.58. The van der Waals surface area contributed by atoms with Crippen molar-refractivity contribution in [2.24, 2.45) is 0 Å². The normalized spacial score (nSPS) is 10.4. The summed E-state index contributed by atoms with van der Waals surface area (Å²) in [4.78, 5) is 4.33. The second kappa shape index (κ2) is 5.61. The van der Waals surface area contributed by atoms with Gasteiger partial charge in [-0.1, -0.05) is 24.3 Å². The van der Waals surface area contributed by atoms with Crippen molar-refractivity contribution in [3.05, 3.63) is 66.4 Å². The van der Waals surface area contributed by atoms with E-state index >= 15 is 0 Å². The molecule has 0 aliphatic carbocycles. The first-order valence-electron chi connectivity index (χ1n) is 6.57. The molecule has 0 saturated carbocycles. The van der Waals surface area contributed by atoms with Gasteiger partial charge in [0.05, 0.1) is 18.3 Å². The molecule has 3 nitrogen and oxygen atoms in total. The zero-order valence-electron chi connectivity index (χ0n) is 11.3. The number of para-hydroxylation sites is 2. The molecule has 0 spiro atoms. The van der Waals surface area contributed by atoms with Gasteiger partial charge in [-0.2, -0.15) is 0 Å². The maximum Gasteiger partial charge on any atom is 0.141 e. The molecule has 2 aromatic carbocycles. The van der Waals surface area contributed by atoms with Crippen molar-refractivity contribution >= 4 is 16.6 Å². The zero-order valence-corrected chi connectivity index (χ0v) is 11.3. The van der Waals surface area contributed by atoms with Gasteiger partial charge >= 0.3 is 0 Å². The van der Waals surface area contributed by atoms with Crippen LogP contribution in [0, 0.1) is 0 Å². The number of rotatable bonds is 4. The summed E-state index contributed by atoms with van der Waals surface area (Å²) < 4.78 is 5.33. The van der Waals surface area contributed by atoms with Crippen molar-refractivity contribution in [1.82, 2.24) is 4.98 Å². The number of fused-ring (bicyclic) bond motifs is 1. The lowest BCUT2D eigenvalue weighted by Gasteiger charge is -2.11. The molecule has 100 valence electrons. The fourth-order valence-electron chi connectivity index (χ4n) is 2.22. The Labute approximate surface area is 118 Å². The standard InChI is InChI=1S/C17H16N2O/c1-20-17-7-3-2-6-16(17)19-12-13-8-9-15-14(11-13)5-4-10-18-15/h2-11,19H,12H2,1H3. The first-order valence-corrected chi connectivity index (χ1v) is 6.57. The lowest BCUT2D eigenvalue weighted by atomic mass is 10.1. The number of methoxy groups -OCH3 is 1. The van der Waals surface area contributed by atoms with Crippen molar-refractivity contribution in [3.63, 3.8) is 0 Å². The van der Waals surface area contributed by atoms with Gasteiger partial charge in [-0.25, -0.2) is 0 Å². The molecule has 3 rings (SSSR count). The largest absolute Gasteiger partial charge is 0.495 e. The molecule has 0 atom stereocenters. The Hall–Kier alpha value is -2.55. The van der Waals surface area contributed by atoms with Gasteiger partial charge in [-0.3, -0.25) is 4.98 Å². The first kappa shape index (κ1) is 12.5. The number of ether oxygens (including phenoxy) is 1. The average Bonchev–Trinajstić information content (AvgIpc) is 2.53. The van der Waals surface area contributed by atoms with Gasteiger partial charge in [0.25, 0.3) is 0 Å². The summed E-state index contributed by atoms with van der Waals surface area (Å²) in [6, 6.07) is 18.3. The zero-order chi connectivity index (χ0) is 13.8. The van der Waals surface area contributed by atoms with Crippen LogP contribution in [0.3, 0.4) is 0 Å². The minimum absolute atomic E-state index is 0.755. The van der Waals surface area contributed by atoms with Gasteiger partial charge in [0.2, 0.25) is 0 Å². The molecule has 1 aromatic heterocycles. The third kappa shape index (κ3) is 2.57. The maximum atomic E-state index is 5.33. The Kier molecular flexibility index (Phi) is 3.50. The molecule has 3 heteroatoms. The van der Waals surface area contributed by atoms with Crippen molar-refractivity contribution in [2.45, 2.75) is 6.54 Å². The lowest BCUT2D eigenvalue weighted by Crippen LogP contribution is -2.01. The highest BCUT2D eigenvalue weighted by atomic mass is 16.5. The lowest BCUT2D eigenvalue weighted by molar-refractivity contribution is 0.416. The van der Waals surface area contributed by atoms with Crippen LogP contribution in [-0.2, 0) is 6.54 Å². The van der Waals surface area contributed by atoms with E-state index in [0.717, 1.165) is 28.9 Å². The average molecular weight is 264 g/mol. The number of nitrogens with one attached hydrogen (secondary N) is 1. The van der Waals surface area contributed by atoms with Crippen LogP contribution in [0.25, 0.3) is 10.9 Å². The predicted octanol–water partition coefficient (Wildman–Crippen LogP) is 3.86. The second-order valence-corrected chi connectivity index (χ2v) is 4.58. The van der Waals surface area contributed by atoms with Crippen LogP contribution in [0.5, 0.6) is 5.75 Å². The molecule has 0 aliphatic heterocycles. The van der Waals surface area contributed by atoms with Crippen molar-refractivity contribution < 1.29 is 4.74 Å². The van der Waals surface area contributed by atoms with Crippen LogP contribution in [0.4, 0.5) is 5.69 Å². The summed E-state index contributed by atoms with van der Waals surface area (Å²) >= 11 is 0. The van der Waals surface area contributed by atoms with Gasteiger partial charge in [-0.05, 0) is 35.9 Å². The summed E-state index contributed by atoms with van der Waals surface area (Å²) in [5.41, 5.74) is 3.24. The molecule has 0 bridgehead atoms. The number of aromatic nitrogens is 1. The molecule has 0 unspecified atom stereocenters. The van der Waals surface area contributed by atoms with E-state index in [4.69, 9.17) is 4.74 Å². The molecule has 0 aliphatic rings. The van der Waals surface area contributed by atoms with E-state index in [2.05, 4.69) is 34.6 Å². The molecular formula is C17H16N2O.